The number of alkyl halides is 3. The van der Waals surface area contributed by atoms with Crippen molar-refractivity contribution in [3.8, 4) is 11.5 Å². The van der Waals surface area contributed by atoms with Gasteiger partial charge in [-0.15, -0.1) is 13.2 Å². The molecule has 0 radical (unpaired) electrons. The van der Waals surface area contributed by atoms with E-state index in [9.17, 15) is 13.2 Å². The molecule has 1 aromatic rings. The molecule has 0 aromatic heterocycles. The van der Waals surface area contributed by atoms with Crippen LogP contribution in [-0.2, 0) is 0 Å². The molecule has 0 heterocycles. The molecule has 0 saturated carbocycles. The number of halogens is 4. The number of ether oxygens (including phenoxy) is 2. The van der Waals surface area contributed by atoms with Gasteiger partial charge in [0.25, 0.3) is 0 Å². The summed E-state index contributed by atoms with van der Waals surface area (Å²) in [6.07, 6.45) is -4.26. The van der Waals surface area contributed by atoms with Crippen LogP contribution in [0.4, 0.5) is 13.2 Å². The first kappa shape index (κ1) is 14.1. The van der Waals surface area contributed by atoms with E-state index in [1.165, 1.54) is 12.1 Å². The highest BCUT2D eigenvalue weighted by Crippen LogP contribution is 2.33. The minimum atomic E-state index is -4.72. The van der Waals surface area contributed by atoms with Crippen LogP contribution in [-0.4, -0.2) is 24.7 Å². The standard InChI is InChI=1S/C10H10BrF3O3/c11-8-6-7(16-5-1-4-15)2-3-9(8)17-10(12,13)14/h2-3,6,15H,1,4-5H2. The second-order valence-electron chi connectivity index (χ2n) is 3.07. The van der Waals surface area contributed by atoms with E-state index in [0.29, 0.717) is 18.8 Å². The Balaban J connectivity index is 2.66. The van der Waals surface area contributed by atoms with Crippen molar-refractivity contribution in [3.05, 3.63) is 22.7 Å². The van der Waals surface area contributed by atoms with Crippen molar-refractivity contribution < 1.29 is 27.8 Å². The minimum Gasteiger partial charge on any atom is -0.493 e. The van der Waals surface area contributed by atoms with Gasteiger partial charge in [-0.3, -0.25) is 0 Å². The van der Waals surface area contributed by atoms with Gasteiger partial charge < -0.3 is 14.6 Å². The first-order chi connectivity index (χ1) is 7.92. The molecule has 96 valence electrons. The SMILES string of the molecule is OCCCOc1ccc(OC(F)(F)F)c(Br)c1. The molecule has 0 amide bonds. The Bertz CT molecular complexity index is 368. The maximum absolute atomic E-state index is 12.0. The molecule has 0 spiro atoms. The highest BCUT2D eigenvalue weighted by atomic mass is 79.9. The van der Waals surface area contributed by atoms with Crippen LogP contribution in [0, 0.1) is 0 Å². The zero-order valence-corrected chi connectivity index (χ0v) is 10.2. The quantitative estimate of drug-likeness (QED) is 0.849. The predicted octanol–water partition coefficient (Wildman–Crippen LogP) is 3.11. The van der Waals surface area contributed by atoms with Gasteiger partial charge in [0.2, 0.25) is 0 Å². The fourth-order valence-corrected chi connectivity index (χ4v) is 1.47. The highest BCUT2D eigenvalue weighted by Gasteiger charge is 2.31. The largest absolute Gasteiger partial charge is 0.573 e. The molecule has 1 aromatic carbocycles. The van der Waals surface area contributed by atoms with Crippen molar-refractivity contribution in [2.45, 2.75) is 12.8 Å². The van der Waals surface area contributed by atoms with Gasteiger partial charge in [-0.05, 0) is 34.1 Å². The predicted molar refractivity (Wildman–Crippen MR) is 58.0 cm³/mol. The van der Waals surface area contributed by atoms with E-state index in [1.807, 2.05) is 0 Å². The number of aliphatic hydroxyl groups excluding tert-OH is 1. The maximum atomic E-state index is 12.0. The topological polar surface area (TPSA) is 38.7 Å². The second kappa shape index (κ2) is 6.11. The van der Waals surface area contributed by atoms with Crippen molar-refractivity contribution >= 4 is 15.9 Å². The molecule has 0 aliphatic carbocycles. The van der Waals surface area contributed by atoms with Gasteiger partial charge in [0, 0.05) is 13.0 Å². The summed E-state index contributed by atoms with van der Waals surface area (Å²) in [5.74, 6) is 0.0758. The van der Waals surface area contributed by atoms with E-state index in [-0.39, 0.29) is 16.8 Å². The van der Waals surface area contributed by atoms with Crippen LogP contribution >= 0.6 is 15.9 Å². The van der Waals surface area contributed by atoms with Crippen molar-refractivity contribution in [1.82, 2.24) is 0 Å². The fourth-order valence-electron chi connectivity index (χ4n) is 1.03. The number of hydrogen-bond donors (Lipinski definition) is 1. The Morgan fingerprint density at radius 1 is 1.29 bits per heavy atom. The molecule has 0 aliphatic rings. The van der Waals surface area contributed by atoms with Crippen molar-refractivity contribution in [3.63, 3.8) is 0 Å². The Morgan fingerprint density at radius 2 is 2.00 bits per heavy atom. The molecule has 0 aliphatic heterocycles. The Labute approximate surface area is 104 Å². The van der Waals surface area contributed by atoms with Crippen molar-refractivity contribution in [2.24, 2.45) is 0 Å². The first-order valence-electron chi connectivity index (χ1n) is 4.71. The number of rotatable bonds is 5. The summed E-state index contributed by atoms with van der Waals surface area (Å²) in [5, 5.41) is 8.54. The fraction of sp³-hybridized carbons (Fsp3) is 0.400. The molecule has 0 unspecified atom stereocenters. The second-order valence-corrected chi connectivity index (χ2v) is 3.92. The van der Waals surface area contributed by atoms with Gasteiger partial charge in [0.05, 0.1) is 11.1 Å². The van der Waals surface area contributed by atoms with Crippen LogP contribution in [0.5, 0.6) is 11.5 Å². The van der Waals surface area contributed by atoms with Crippen LogP contribution in [0.1, 0.15) is 6.42 Å². The third-order valence-electron chi connectivity index (χ3n) is 1.70. The van der Waals surface area contributed by atoms with E-state index in [1.54, 1.807) is 0 Å². The third kappa shape index (κ3) is 5.27. The summed E-state index contributed by atoms with van der Waals surface area (Å²) in [7, 11) is 0. The average Bonchev–Trinajstić information content (AvgIpc) is 2.21. The molecule has 0 atom stereocenters. The van der Waals surface area contributed by atoms with Crippen LogP contribution in [0.15, 0.2) is 22.7 Å². The molecular formula is C10H10BrF3O3. The van der Waals surface area contributed by atoms with Crippen LogP contribution in [0.2, 0.25) is 0 Å². The van der Waals surface area contributed by atoms with Gasteiger partial charge in [-0.25, -0.2) is 0 Å². The van der Waals surface area contributed by atoms with Crippen molar-refractivity contribution in [2.75, 3.05) is 13.2 Å². The third-order valence-corrected chi connectivity index (χ3v) is 2.32. The number of benzene rings is 1. The molecule has 0 fully saturated rings. The van der Waals surface area contributed by atoms with Gasteiger partial charge in [0.1, 0.15) is 11.5 Å². The summed E-state index contributed by atoms with van der Waals surface area (Å²) in [6, 6.07) is 3.90. The summed E-state index contributed by atoms with van der Waals surface area (Å²) < 4.78 is 45.0. The lowest BCUT2D eigenvalue weighted by Crippen LogP contribution is -2.17. The molecule has 0 saturated heterocycles. The lowest BCUT2D eigenvalue weighted by Gasteiger charge is -2.12. The van der Waals surface area contributed by atoms with Crippen LogP contribution in [0.3, 0.4) is 0 Å². The zero-order chi connectivity index (χ0) is 12.9. The number of hydrogen-bond acceptors (Lipinski definition) is 3. The molecule has 0 bridgehead atoms. The summed E-state index contributed by atoms with van der Waals surface area (Å²) in [6.45, 7) is 0.291. The molecule has 1 N–H and O–H groups in total. The smallest absolute Gasteiger partial charge is 0.493 e. The molecule has 7 heteroatoms. The van der Waals surface area contributed by atoms with Gasteiger partial charge >= 0.3 is 6.36 Å². The highest BCUT2D eigenvalue weighted by molar-refractivity contribution is 9.10. The summed E-state index contributed by atoms with van der Waals surface area (Å²) in [4.78, 5) is 0. The first-order valence-corrected chi connectivity index (χ1v) is 5.50. The zero-order valence-electron chi connectivity index (χ0n) is 8.63. The Morgan fingerprint density at radius 3 is 2.53 bits per heavy atom. The van der Waals surface area contributed by atoms with E-state index >= 15 is 0 Å². The lowest BCUT2D eigenvalue weighted by atomic mass is 10.3. The minimum absolute atomic E-state index is 0.00353. The molecule has 17 heavy (non-hydrogen) atoms. The molecular weight excluding hydrogens is 305 g/mol. The van der Waals surface area contributed by atoms with Gasteiger partial charge in [-0.2, -0.15) is 0 Å². The van der Waals surface area contributed by atoms with E-state index in [4.69, 9.17) is 9.84 Å². The van der Waals surface area contributed by atoms with Crippen LogP contribution in [0.25, 0.3) is 0 Å². The average molecular weight is 315 g/mol. The monoisotopic (exact) mass is 314 g/mol. The molecule has 1 rings (SSSR count). The normalized spacial score (nSPS) is 11.4. The maximum Gasteiger partial charge on any atom is 0.573 e. The summed E-state index contributed by atoms with van der Waals surface area (Å²) >= 11 is 2.95. The van der Waals surface area contributed by atoms with Gasteiger partial charge in [0.15, 0.2) is 0 Å². The summed E-state index contributed by atoms with van der Waals surface area (Å²) in [5.41, 5.74) is 0. The van der Waals surface area contributed by atoms with Gasteiger partial charge in [-0.1, -0.05) is 0 Å². The number of aliphatic hydroxyl groups is 1. The lowest BCUT2D eigenvalue weighted by molar-refractivity contribution is -0.274. The van der Waals surface area contributed by atoms with E-state index < -0.39 is 6.36 Å². The Hall–Kier alpha value is -0.950. The van der Waals surface area contributed by atoms with Crippen molar-refractivity contribution in [1.29, 1.82) is 0 Å². The van der Waals surface area contributed by atoms with E-state index in [2.05, 4.69) is 20.7 Å². The Kier molecular flexibility index (Phi) is 5.07. The van der Waals surface area contributed by atoms with Crippen LogP contribution < -0.4 is 9.47 Å². The molecule has 3 nitrogen and oxygen atoms in total. The van der Waals surface area contributed by atoms with E-state index in [0.717, 1.165) is 6.07 Å².